The Morgan fingerprint density at radius 1 is 1.31 bits per heavy atom. The zero-order chi connectivity index (χ0) is 18.7. The van der Waals surface area contributed by atoms with Crippen molar-refractivity contribution in [3.63, 3.8) is 0 Å². The molecule has 0 aliphatic carbocycles. The Balaban J connectivity index is 1.62. The van der Waals surface area contributed by atoms with Crippen LogP contribution in [0.15, 0.2) is 28.8 Å². The summed E-state index contributed by atoms with van der Waals surface area (Å²) in [7, 11) is 1.56. The van der Waals surface area contributed by atoms with Gasteiger partial charge in [-0.3, -0.25) is 0 Å². The highest BCUT2D eigenvalue weighted by atomic mass is 19.4. The fourth-order valence-electron chi connectivity index (χ4n) is 3.05. The second kappa shape index (κ2) is 7.63. The first-order valence-corrected chi connectivity index (χ1v) is 8.32. The van der Waals surface area contributed by atoms with E-state index in [1.807, 2.05) is 18.2 Å². The predicted molar refractivity (Wildman–Crippen MR) is 86.8 cm³/mol. The Morgan fingerprint density at radius 3 is 2.65 bits per heavy atom. The number of rotatable bonds is 5. The van der Waals surface area contributed by atoms with Gasteiger partial charge in [0.15, 0.2) is 11.9 Å². The molecule has 1 fully saturated rings. The van der Waals surface area contributed by atoms with Crippen molar-refractivity contribution in [1.29, 1.82) is 0 Å². The van der Waals surface area contributed by atoms with E-state index in [2.05, 4.69) is 10.1 Å². The molecule has 3 rings (SSSR count). The molecule has 1 aromatic heterocycles. The van der Waals surface area contributed by atoms with Crippen LogP contribution in [0, 0.1) is 0 Å². The lowest BCUT2D eigenvalue weighted by Crippen LogP contribution is -2.44. The average molecular weight is 371 g/mol. The van der Waals surface area contributed by atoms with E-state index in [1.165, 1.54) is 0 Å². The van der Waals surface area contributed by atoms with Crippen molar-refractivity contribution in [1.82, 2.24) is 15.0 Å². The summed E-state index contributed by atoms with van der Waals surface area (Å²) in [5, 5.41) is 13.2. The van der Waals surface area contributed by atoms with Crippen LogP contribution in [0.2, 0.25) is 0 Å². The summed E-state index contributed by atoms with van der Waals surface area (Å²) in [6.07, 6.45) is -5.69. The summed E-state index contributed by atoms with van der Waals surface area (Å²) in [6.45, 7) is 0.474. The lowest BCUT2D eigenvalue weighted by Gasteiger charge is -2.32. The van der Waals surface area contributed by atoms with Crippen LogP contribution in [0.25, 0.3) is 11.5 Å². The number of methoxy groups -OCH3 is 1. The number of aromatic nitrogens is 2. The third kappa shape index (κ3) is 4.16. The Kier molecular flexibility index (Phi) is 5.47. The molecule has 0 amide bonds. The highest BCUT2D eigenvalue weighted by molar-refractivity contribution is 5.62. The first-order chi connectivity index (χ1) is 12.4. The summed E-state index contributed by atoms with van der Waals surface area (Å²) < 4.78 is 48.0. The minimum absolute atomic E-state index is 0.0153. The van der Waals surface area contributed by atoms with E-state index in [-0.39, 0.29) is 5.92 Å². The van der Waals surface area contributed by atoms with Crippen LogP contribution in [0.4, 0.5) is 13.2 Å². The molecule has 0 bridgehead atoms. The second-order valence-electron chi connectivity index (χ2n) is 6.29. The molecule has 2 heterocycles. The SMILES string of the molecule is COc1ccccc1-c1nc(C2CCN(CC(O)C(F)(F)F)CC2)no1. The minimum Gasteiger partial charge on any atom is -0.496 e. The fraction of sp³-hybridized carbons (Fsp3) is 0.529. The Morgan fingerprint density at radius 2 is 2.00 bits per heavy atom. The van der Waals surface area contributed by atoms with E-state index in [9.17, 15) is 18.3 Å². The summed E-state index contributed by atoms with van der Waals surface area (Å²) >= 11 is 0. The molecular formula is C17H20F3N3O3. The van der Waals surface area contributed by atoms with Gasteiger partial charge in [-0.05, 0) is 38.1 Å². The molecule has 0 radical (unpaired) electrons. The summed E-state index contributed by atoms with van der Waals surface area (Å²) in [5.74, 6) is 1.54. The number of β-amino-alcohol motifs (C(OH)–C–C–N with tert-alkyl or cyclic N) is 1. The van der Waals surface area contributed by atoms with Gasteiger partial charge in [0.1, 0.15) is 5.75 Å². The largest absolute Gasteiger partial charge is 0.496 e. The molecule has 2 aromatic rings. The van der Waals surface area contributed by atoms with Crippen molar-refractivity contribution in [2.75, 3.05) is 26.7 Å². The molecule has 1 unspecified atom stereocenters. The summed E-state index contributed by atoms with van der Waals surface area (Å²) in [5.41, 5.74) is 0.694. The van der Waals surface area contributed by atoms with Gasteiger partial charge in [0.2, 0.25) is 0 Å². The number of para-hydroxylation sites is 1. The van der Waals surface area contributed by atoms with Crippen molar-refractivity contribution in [2.45, 2.75) is 31.0 Å². The Bertz CT molecular complexity index is 727. The molecule has 1 N–H and O–H groups in total. The number of alkyl halides is 3. The van der Waals surface area contributed by atoms with Crippen molar-refractivity contribution < 1.29 is 27.5 Å². The number of nitrogens with zero attached hydrogens (tertiary/aromatic N) is 3. The molecule has 1 aliphatic rings. The van der Waals surface area contributed by atoms with Gasteiger partial charge < -0.3 is 19.3 Å². The van der Waals surface area contributed by atoms with Gasteiger partial charge >= 0.3 is 6.18 Å². The smallest absolute Gasteiger partial charge is 0.415 e. The third-order valence-electron chi connectivity index (χ3n) is 4.54. The van der Waals surface area contributed by atoms with Crippen molar-refractivity contribution in [2.24, 2.45) is 0 Å². The molecule has 1 atom stereocenters. The third-order valence-corrected chi connectivity index (χ3v) is 4.54. The number of piperidine rings is 1. The number of benzene rings is 1. The molecule has 0 saturated carbocycles. The van der Waals surface area contributed by atoms with Crippen LogP contribution >= 0.6 is 0 Å². The maximum Gasteiger partial charge on any atom is 0.415 e. The quantitative estimate of drug-likeness (QED) is 0.872. The zero-order valence-corrected chi connectivity index (χ0v) is 14.2. The zero-order valence-electron chi connectivity index (χ0n) is 14.2. The van der Waals surface area contributed by atoms with Gasteiger partial charge in [-0.25, -0.2) is 0 Å². The Hall–Kier alpha value is -2.13. The molecule has 6 nitrogen and oxygen atoms in total. The second-order valence-corrected chi connectivity index (χ2v) is 6.29. The van der Waals surface area contributed by atoms with Crippen molar-refractivity contribution in [3.05, 3.63) is 30.1 Å². The number of likely N-dealkylation sites (tertiary alicyclic amines) is 1. The summed E-state index contributed by atoms with van der Waals surface area (Å²) in [6, 6.07) is 7.29. The maximum atomic E-state index is 12.5. The number of aliphatic hydroxyl groups is 1. The van der Waals surface area contributed by atoms with Crippen LogP contribution in [0.1, 0.15) is 24.6 Å². The topological polar surface area (TPSA) is 71.6 Å². The number of hydrogen-bond acceptors (Lipinski definition) is 6. The number of halogens is 3. The van der Waals surface area contributed by atoms with Gasteiger partial charge in [-0.15, -0.1) is 0 Å². The minimum atomic E-state index is -4.59. The molecule has 26 heavy (non-hydrogen) atoms. The van der Waals surface area contributed by atoms with Gasteiger partial charge in [-0.2, -0.15) is 18.2 Å². The predicted octanol–water partition coefficient (Wildman–Crippen LogP) is 2.85. The lowest BCUT2D eigenvalue weighted by molar-refractivity contribution is -0.208. The maximum absolute atomic E-state index is 12.5. The Labute approximate surface area is 148 Å². The van der Waals surface area contributed by atoms with Crippen molar-refractivity contribution >= 4 is 0 Å². The van der Waals surface area contributed by atoms with E-state index in [4.69, 9.17) is 9.26 Å². The molecule has 1 aromatic carbocycles. The molecule has 1 aliphatic heterocycles. The van der Waals surface area contributed by atoms with E-state index in [0.29, 0.717) is 49.0 Å². The van der Waals surface area contributed by atoms with Crippen LogP contribution in [-0.4, -0.2) is 59.2 Å². The monoisotopic (exact) mass is 371 g/mol. The fourth-order valence-corrected chi connectivity index (χ4v) is 3.05. The normalized spacial score (nSPS) is 18.0. The first kappa shape index (κ1) is 18.7. The number of hydrogen-bond donors (Lipinski definition) is 1. The highest BCUT2D eigenvalue weighted by Gasteiger charge is 2.39. The number of aliphatic hydroxyl groups excluding tert-OH is 1. The van der Waals surface area contributed by atoms with Crippen molar-refractivity contribution in [3.8, 4) is 17.2 Å². The van der Waals surface area contributed by atoms with E-state index < -0.39 is 18.8 Å². The van der Waals surface area contributed by atoms with Crippen LogP contribution in [0.3, 0.4) is 0 Å². The van der Waals surface area contributed by atoms with Crippen LogP contribution in [0.5, 0.6) is 5.75 Å². The standard InChI is InChI=1S/C17H20F3N3O3/c1-25-13-5-3-2-4-12(13)16-21-15(22-26-16)11-6-8-23(9-7-11)10-14(24)17(18,19)20/h2-5,11,14,24H,6-10H2,1H3. The van der Waals surface area contributed by atoms with E-state index >= 15 is 0 Å². The molecule has 1 saturated heterocycles. The highest BCUT2D eigenvalue weighted by Crippen LogP contribution is 2.32. The van der Waals surface area contributed by atoms with E-state index in [1.54, 1.807) is 18.1 Å². The number of ether oxygens (including phenoxy) is 1. The average Bonchev–Trinajstić information content (AvgIpc) is 3.11. The van der Waals surface area contributed by atoms with Gasteiger partial charge in [0.25, 0.3) is 5.89 Å². The lowest BCUT2D eigenvalue weighted by atomic mass is 9.96. The van der Waals surface area contributed by atoms with E-state index in [0.717, 1.165) is 0 Å². The van der Waals surface area contributed by atoms with Gasteiger partial charge in [0.05, 0.1) is 12.7 Å². The van der Waals surface area contributed by atoms with Crippen LogP contribution < -0.4 is 4.74 Å². The first-order valence-electron chi connectivity index (χ1n) is 8.32. The summed E-state index contributed by atoms with van der Waals surface area (Å²) in [4.78, 5) is 6.04. The van der Waals surface area contributed by atoms with Gasteiger partial charge in [0, 0.05) is 12.5 Å². The molecule has 0 spiro atoms. The van der Waals surface area contributed by atoms with Crippen LogP contribution in [-0.2, 0) is 0 Å². The molecule has 9 heteroatoms. The van der Waals surface area contributed by atoms with Gasteiger partial charge in [-0.1, -0.05) is 17.3 Å². The molecular weight excluding hydrogens is 351 g/mol. The molecule has 142 valence electrons.